The van der Waals surface area contributed by atoms with E-state index < -0.39 is 25.9 Å². The number of sulfonamides is 1. The molecule has 0 amide bonds. The smallest absolute Gasteiger partial charge is 0.280 e. The molecule has 1 aromatic carbocycles. The molecule has 0 bridgehead atoms. The van der Waals surface area contributed by atoms with Crippen molar-refractivity contribution in [3.8, 4) is 11.3 Å². The summed E-state index contributed by atoms with van der Waals surface area (Å²) in [5.74, 6) is 0.206. The molecule has 0 aliphatic carbocycles. The summed E-state index contributed by atoms with van der Waals surface area (Å²) in [6.07, 6.45) is 2.85. The van der Waals surface area contributed by atoms with Crippen LogP contribution in [-0.2, 0) is 19.9 Å². The van der Waals surface area contributed by atoms with Gasteiger partial charge in [-0.3, -0.25) is 4.72 Å². The number of sulfone groups is 1. The van der Waals surface area contributed by atoms with Gasteiger partial charge in [0.1, 0.15) is 5.82 Å². The number of aromatic amines is 1. The highest BCUT2D eigenvalue weighted by atomic mass is 32.2. The molecule has 1 aliphatic rings. The molecule has 1 fully saturated rings. The molecule has 0 radical (unpaired) electrons. The van der Waals surface area contributed by atoms with E-state index in [9.17, 15) is 16.8 Å². The minimum atomic E-state index is -3.90. The number of benzene rings is 1. The first-order valence-electron chi connectivity index (χ1n) is 8.62. The summed E-state index contributed by atoms with van der Waals surface area (Å²) in [5, 5.41) is 4.44. The van der Waals surface area contributed by atoms with E-state index in [1.165, 1.54) is 17.2 Å². The lowest BCUT2D eigenvalue weighted by molar-refractivity contribution is 0.507. The molecular formula is C17H19N5O4S2. The predicted octanol–water partition coefficient (Wildman–Crippen LogP) is 1.74. The number of imidazole rings is 1. The van der Waals surface area contributed by atoms with Gasteiger partial charge in [-0.1, -0.05) is 29.8 Å². The highest BCUT2D eigenvalue weighted by Crippen LogP contribution is 2.31. The molecule has 3 aromatic rings. The predicted molar refractivity (Wildman–Crippen MR) is 104 cm³/mol. The molecule has 1 atom stereocenters. The van der Waals surface area contributed by atoms with Gasteiger partial charge < -0.3 is 4.98 Å². The lowest BCUT2D eigenvalue weighted by Gasteiger charge is -2.14. The van der Waals surface area contributed by atoms with Crippen LogP contribution in [0.15, 0.2) is 47.9 Å². The van der Waals surface area contributed by atoms with Gasteiger partial charge in [0.2, 0.25) is 0 Å². The molecule has 3 heterocycles. The minimum absolute atomic E-state index is 0.0597. The van der Waals surface area contributed by atoms with E-state index in [0.29, 0.717) is 12.1 Å². The Morgan fingerprint density at radius 2 is 2.00 bits per heavy atom. The quantitative estimate of drug-likeness (QED) is 0.646. The van der Waals surface area contributed by atoms with Crippen molar-refractivity contribution in [2.24, 2.45) is 0 Å². The van der Waals surface area contributed by atoms with Gasteiger partial charge in [0.25, 0.3) is 10.0 Å². The van der Waals surface area contributed by atoms with Gasteiger partial charge in [0, 0.05) is 11.6 Å². The fourth-order valence-electron chi connectivity index (χ4n) is 3.17. The van der Waals surface area contributed by atoms with Crippen LogP contribution in [0.25, 0.3) is 11.3 Å². The Morgan fingerprint density at radius 1 is 1.25 bits per heavy atom. The van der Waals surface area contributed by atoms with E-state index in [1.807, 2.05) is 31.2 Å². The first-order valence-corrected chi connectivity index (χ1v) is 11.9. The molecule has 2 N–H and O–H groups in total. The number of nitrogens with zero attached hydrogens (tertiary/aromatic N) is 3. The van der Waals surface area contributed by atoms with Gasteiger partial charge in [-0.2, -0.15) is 13.5 Å². The Morgan fingerprint density at radius 3 is 2.61 bits per heavy atom. The summed E-state index contributed by atoms with van der Waals surface area (Å²) >= 11 is 0. The van der Waals surface area contributed by atoms with Gasteiger partial charge in [0.15, 0.2) is 14.9 Å². The van der Waals surface area contributed by atoms with Gasteiger partial charge in [-0.25, -0.2) is 18.1 Å². The van der Waals surface area contributed by atoms with E-state index in [0.717, 1.165) is 11.1 Å². The molecule has 2 aromatic heterocycles. The summed E-state index contributed by atoms with van der Waals surface area (Å²) < 4.78 is 53.0. The van der Waals surface area contributed by atoms with Crippen LogP contribution in [0, 0.1) is 6.92 Å². The van der Waals surface area contributed by atoms with Crippen molar-refractivity contribution < 1.29 is 16.8 Å². The lowest BCUT2D eigenvalue weighted by atomic mass is 10.1. The van der Waals surface area contributed by atoms with E-state index in [1.54, 1.807) is 6.07 Å². The lowest BCUT2D eigenvalue weighted by Crippen LogP contribution is -2.20. The number of hydrogen-bond acceptors (Lipinski definition) is 6. The second-order valence-electron chi connectivity index (χ2n) is 6.80. The van der Waals surface area contributed by atoms with Crippen molar-refractivity contribution in [2.45, 2.75) is 24.4 Å². The van der Waals surface area contributed by atoms with E-state index in [-0.39, 0.29) is 22.3 Å². The Labute approximate surface area is 162 Å². The Bertz CT molecular complexity index is 1200. The first-order chi connectivity index (χ1) is 13.2. The fraction of sp³-hybridized carbons (Fsp3) is 0.294. The number of hydrogen-bond donors (Lipinski definition) is 2. The van der Waals surface area contributed by atoms with E-state index >= 15 is 0 Å². The second kappa shape index (κ2) is 6.74. The number of aryl methyl sites for hydroxylation is 1. The first kappa shape index (κ1) is 18.7. The number of nitrogens with one attached hydrogen (secondary N) is 2. The van der Waals surface area contributed by atoms with Gasteiger partial charge in [-0.15, -0.1) is 0 Å². The van der Waals surface area contributed by atoms with Crippen molar-refractivity contribution >= 4 is 25.7 Å². The highest BCUT2D eigenvalue weighted by molar-refractivity contribution is 7.92. The standard InChI is InChI=1S/C17H19N5O4S2/c1-12-2-4-13(5-3-12)15-8-16(21-28(25,26)17-9-18-11-19-17)22(20-15)14-6-7-27(23,24)10-14/h2-5,8-9,11,14,21H,6-7,10H2,1H3,(H,18,19)/t14-/m0/s1. The van der Waals surface area contributed by atoms with Crippen LogP contribution in [-0.4, -0.2) is 48.1 Å². The Kier molecular flexibility index (Phi) is 4.50. The van der Waals surface area contributed by atoms with Crippen LogP contribution in [0.1, 0.15) is 18.0 Å². The topological polar surface area (TPSA) is 127 Å². The Hall–Kier alpha value is -2.66. The van der Waals surface area contributed by atoms with Crippen molar-refractivity contribution in [1.29, 1.82) is 0 Å². The average molecular weight is 422 g/mol. The number of H-pyrrole nitrogens is 1. The maximum absolute atomic E-state index is 12.6. The molecule has 1 saturated heterocycles. The number of aromatic nitrogens is 4. The summed E-state index contributed by atoms with van der Waals surface area (Å²) in [6.45, 7) is 1.97. The third-order valence-corrected chi connectivity index (χ3v) is 7.67. The zero-order valence-electron chi connectivity index (χ0n) is 15.0. The van der Waals surface area contributed by atoms with Gasteiger partial charge in [-0.05, 0) is 13.3 Å². The molecule has 0 spiro atoms. The number of rotatable bonds is 5. The third kappa shape index (κ3) is 3.67. The SMILES string of the molecule is Cc1ccc(-c2cc(NS(=O)(=O)c3cnc[nH]3)n([C@H]3CCS(=O)(=O)C3)n2)cc1. The van der Waals surface area contributed by atoms with Gasteiger partial charge >= 0.3 is 0 Å². The normalized spacial score (nSPS) is 19.0. The van der Waals surface area contributed by atoms with Crippen LogP contribution in [0.4, 0.5) is 5.82 Å². The maximum atomic E-state index is 12.6. The summed E-state index contributed by atoms with van der Waals surface area (Å²) in [4.78, 5) is 6.29. The van der Waals surface area contributed by atoms with E-state index in [4.69, 9.17) is 0 Å². The zero-order chi connectivity index (χ0) is 19.9. The monoisotopic (exact) mass is 421 g/mol. The number of anilines is 1. The molecule has 11 heteroatoms. The van der Waals surface area contributed by atoms with Crippen molar-refractivity contribution in [3.05, 3.63) is 48.4 Å². The fourth-order valence-corrected chi connectivity index (χ4v) is 5.80. The van der Waals surface area contributed by atoms with Crippen LogP contribution >= 0.6 is 0 Å². The molecular weight excluding hydrogens is 402 g/mol. The van der Waals surface area contributed by atoms with Crippen LogP contribution in [0.2, 0.25) is 0 Å². The maximum Gasteiger partial charge on any atom is 0.280 e. The van der Waals surface area contributed by atoms with Crippen LogP contribution < -0.4 is 4.72 Å². The van der Waals surface area contributed by atoms with Gasteiger partial charge in [0.05, 0.1) is 35.8 Å². The second-order valence-corrected chi connectivity index (χ2v) is 10.7. The molecule has 1 aliphatic heterocycles. The zero-order valence-corrected chi connectivity index (χ0v) is 16.7. The third-order valence-electron chi connectivity index (χ3n) is 4.64. The summed E-state index contributed by atoms with van der Waals surface area (Å²) in [6, 6.07) is 8.83. The van der Waals surface area contributed by atoms with Crippen molar-refractivity contribution in [2.75, 3.05) is 16.2 Å². The molecule has 0 saturated carbocycles. The molecule has 28 heavy (non-hydrogen) atoms. The van der Waals surface area contributed by atoms with Crippen molar-refractivity contribution in [3.63, 3.8) is 0 Å². The Balaban J connectivity index is 1.76. The molecule has 9 nitrogen and oxygen atoms in total. The summed E-state index contributed by atoms with van der Waals surface area (Å²) in [5.41, 5.74) is 2.46. The highest BCUT2D eigenvalue weighted by Gasteiger charge is 2.32. The molecule has 0 unspecified atom stereocenters. The molecule has 4 rings (SSSR count). The summed E-state index contributed by atoms with van der Waals surface area (Å²) in [7, 11) is -7.07. The largest absolute Gasteiger partial charge is 0.334 e. The molecule has 148 valence electrons. The van der Waals surface area contributed by atoms with E-state index in [2.05, 4.69) is 19.8 Å². The van der Waals surface area contributed by atoms with Crippen LogP contribution in [0.5, 0.6) is 0 Å². The minimum Gasteiger partial charge on any atom is -0.334 e. The average Bonchev–Trinajstić information content (AvgIpc) is 3.35. The van der Waals surface area contributed by atoms with Crippen molar-refractivity contribution in [1.82, 2.24) is 19.7 Å². The van der Waals surface area contributed by atoms with Crippen LogP contribution in [0.3, 0.4) is 0 Å².